The zero-order valence-corrected chi connectivity index (χ0v) is 12.0. The molecule has 1 aromatic heterocycles. The van der Waals surface area contributed by atoms with E-state index >= 15 is 0 Å². The Morgan fingerprint density at radius 1 is 1.35 bits per heavy atom. The van der Waals surface area contributed by atoms with Gasteiger partial charge in [0.2, 0.25) is 0 Å². The molecule has 0 aliphatic carbocycles. The van der Waals surface area contributed by atoms with Gasteiger partial charge in [-0.15, -0.1) is 0 Å². The Morgan fingerprint density at radius 3 is 2.80 bits per heavy atom. The summed E-state index contributed by atoms with van der Waals surface area (Å²) in [6.07, 6.45) is 0.546. The maximum atomic E-state index is 11.7. The van der Waals surface area contributed by atoms with Gasteiger partial charge in [-0.05, 0) is 13.3 Å². The van der Waals surface area contributed by atoms with Crippen molar-refractivity contribution in [1.82, 2.24) is 10.3 Å². The van der Waals surface area contributed by atoms with E-state index in [1.165, 1.54) is 11.3 Å². The molecule has 5 nitrogen and oxygen atoms in total. The van der Waals surface area contributed by atoms with Crippen molar-refractivity contribution < 1.29 is 9.90 Å². The van der Waals surface area contributed by atoms with Crippen LogP contribution in [0.3, 0.4) is 0 Å². The van der Waals surface area contributed by atoms with Crippen LogP contribution in [0.1, 0.15) is 12.1 Å². The minimum Gasteiger partial charge on any atom is -0.396 e. The number of hydrogen-bond donors (Lipinski definition) is 3. The maximum absolute atomic E-state index is 11.7. The number of aromatic nitrogens is 1. The summed E-state index contributed by atoms with van der Waals surface area (Å²) in [5.74, 6) is 0. The topological polar surface area (TPSA) is 74.2 Å². The van der Waals surface area contributed by atoms with Crippen molar-refractivity contribution in [2.45, 2.75) is 13.3 Å². The molecule has 2 aromatic rings. The molecule has 0 saturated carbocycles. The van der Waals surface area contributed by atoms with Crippen LogP contribution in [0.25, 0.3) is 10.6 Å². The summed E-state index contributed by atoms with van der Waals surface area (Å²) in [5, 5.41) is 15.7. The predicted molar refractivity (Wildman–Crippen MR) is 81.0 cm³/mol. The Kier molecular flexibility index (Phi) is 5.09. The lowest BCUT2D eigenvalue weighted by atomic mass is 10.2. The Morgan fingerprint density at radius 2 is 2.10 bits per heavy atom. The van der Waals surface area contributed by atoms with Crippen molar-refractivity contribution in [3.63, 3.8) is 0 Å². The molecule has 0 aliphatic heterocycles. The molecule has 1 aromatic carbocycles. The monoisotopic (exact) mass is 291 g/mol. The van der Waals surface area contributed by atoms with E-state index < -0.39 is 0 Å². The number of anilines is 1. The summed E-state index contributed by atoms with van der Waals surface area (Å²) in [4.78, 5) is 16.1. The van der Waals surface area contributed by atoms with Crippen LogP contribution in [-0.2, 0) is 0 Å². The largest absolute Gasteiger partial charge is 0.396 e. The third-order valence-electron chi connectivity index (χ3n) is 2.66. The molecule has 0 aliphatic rings. The second-order valence-electron chi connectivity index (χ2n) is 4.26. The SMILES string of the molecule is Cc1nc(-c2ccccc2)sc1NC(=O)NCCCO. The Hall–Kier alpha value is -1.92. The summed E-state index contributed by atoms with van der Waals surface area (Å²) in [6.45, 7) is 2.38. The van der Waals surface area contributed by atoms with Crippen molar-refractivity contribution in [2.75, 3.05) is 18.5 Å². The number of urea groups is 1. The lowest BCUT2D eigenvalue weighted by Crippen LogP contribution is -2.29. The predicted octanol–water partition coefficient (Wildman–Crippen LogP) is 2.62. The van der Waals surface area contributed by atoms with Crippen molar-refractivity contribution in [3.8, 4) is 10.6 Å². The smallest absolute Gasteiger partial charge is 0.319 e. The van der Waals surface area contributed by atoms with E-state index in [0.717, 1.165) is 21.3 Å². The lowest BCUT2D eigenvalue weighted by molar-refractivity contribution is 0.249. The van der Waals surface area contributed by atoms with Gasteiger partial charge in [-0.25, -0.2) is 9.78 Å². The molecule has 0 fully saturated rings. The molecule has 0 spiro atoms. The number of nitrogens with one attached hydrogen (secondary N) is 2. The van der Waals surface area contributed by atoms with Gasteiger partial charge in [-0.1, -0.05) is 41.7 Å². The van der Waals surface area contributed by atoms with Crippen LogP contribution in [0.5, 0.6) is 0 Å². The fourth-order valence-corrected chi connectivity index (χ4v) is 2.61. The van der Waals surface area contributed by atoms with Crippen molar-refractivity contribution in [1.29, 1.82) is 0 Å². The molecule has 0 bridgehead atoms. The first-order valence-electron chi connectivity index (χ1n) is 6.39. The third kappa shape index (κ3) is 3.79. The third-order valence-corrected chi connectivity index (χ3v) is 3.79. The fourth-order valence-electron chi connectivity index (χ4n) is 1.64. The number of aryl methyl sites for hydroxylation is 1. The number of hydrogen-bond acceptors (Lipinski definition) is 4. The van der Waals surface area contributed by atoms with Gasteiger partial charge in [0.25, 0.3) is 0 Å². The van der Waals surface area contributed by atoms with Crippen LogP contribution in [0, 0.1) is 6.92 Å². The molecule has 0 unspecified atom stereocenters. The van der Waals surface area contributed by atoms with Crippen LogP contribution in [0.4, 0.5) is 9.80 Å². The van der Waals surface area contributed by atoms with Gasteiger partial charge in [-0.3, -0.25) is 5.32 Å². The van der Waals surface area contributed by atoms with Gasteiger partial charge in [0.05, 0.1) is 5.69 Å². The summed E-state index contributed by atoms with van der Waals surface area (Å²) in [7, 11) is 0. The number of amides is 2. The van der Waals surface area contributed by atoms with Crippen LogP contribution in [-0.4, -0.2) is 29.3 Å². The zero-order chi connectivity index (χ0) is 14.4. The molecule has 2 amide bonds. The summed E-state index contributed by atoms with van der Waals surface area (Å²) in [5.41, 5.74) is 1.83. The maximum Gasteiger partial charge on any atom is 0.319 e. The molecule has 20 heavy (non-hydrogen) atoms. The number of benzene rings is 1. The molecular weight excluding hydrogens is 274 g/mol. The molecule has 1 heterocycles. The molecule has 3 N–H and O–H groups in total. The highest BCUT2D eigenvalue weighted by Gasteiger charge is 2.11. The zero-order valence-electron chi connectivity index (χ0n) is 11.2. The van der Waals surface area contributed by atoms with E-state index in [-0.39, 0.29) is 12.6 Å². The lowest BCUT2D eigenvalue weighted by Gasteiger charge is -2.04. The van der Waals surface area contributed by atoms with Gasteiger partial charge < -0.3 is 10.4 Å². The minimum absolute atomic E-state index is 0.0675. The van der Waals surface area contributed by atoms with Crippen molar-refractivity contribution in [3.05, 3.63) is 36.0 Å². The summed E-state index contributed by atoms with van der Waals surface area (Å²) >= 11 is 1.45. The molecule has 0 radical (unpaired) electrons. The van der Waals surface area contributed by atoms with Crippen LogP contribution in [0.15, 0.2) is 30.3 Å². The highest BCUT2D eigenvalue weighted by Crippen LogP contribution is 2.31. The average molecular weight is 291 g/mol. The number of carbonyl (C=O) groups excluding carboxylic acids is 1. The van der Waals surface area contributed by atoms with Gasteiger partial charge in [0.1, 0.15) is 10.0 Å². The van der Waals surface area contributed by atoms with Gasteiger partial charge in [0.15, 0.2) is 0 Å². The van der Waals surface area contributed by atoms with Crippen molar-refractivity contribution in [2.24, 2.45) is 0 Å². The van der Waals surface area contributed by atoms with E-state index in [1.807, 2.05) is 37.3 Å². The van der Waals surface area contributed by atoms with Crippen LogP contribution >= 0.6 is 11.3 Å². The van der Waals surface area contributed by atoms with E-state index in [2.05, 4.69) is 15.6 Å². The molecule has 0 saturated heterocycles. The van der Waals surface area contributed by atoms with Gasteiger partial charge in [-0.2, -0.15) is 0 Å². The minimum atomic E-state index is -0.273. The standard InChI is InChI=1S/C14H17N3O2S/c1-10-12(17-14(19)15-8-5-9-18)20-13(16-10)11-6-3-2-4-7-11/h2-4,6-7,18H,5,8-9H2,1H3,(H2,15,17,19). The molecule has 106 valence electrons. The molecular formula is C14H17N3O2S. The first-order valence-corrected chi connectivity index (χ1v) is 7.21. The van der Waals surface area contributed by atoms with Crippen molar-refractivity contribution >= 4 is 22.4 Å². The quantitative estimate of drug-likeness (QED) is 0.741. The number of carbonyl (C=O) groups is 1. The summed E-state index contributed by atoms with van der Waals surface area (Å²) in [6, 6.07) is 9.58. The average Bonchev–Trinajstić information content (AvgIpc) is 2.81. The Bertz CT molecular complexity index is 569. The second-order valence-corrected chi connectivity index (χ2v) is 5.26. The Labute approximate surface area is 121 Å². The van der Waals surface area contributed by atoms with Crippen LogP contribution in [0.2, 0.25) is 0 Å². The highest BCUT2D eigenvalue weighted by molar-refractivity contribution is 7.19. The van der Waals surface area contributed by atoms with E-state index in [9.17, 15) is 4.79 Å². The van der Waals surface area contributed by atoms with Gasteiger partial charge in [0, 0.05) is 18.7 Å². The van der Waals surface area contributed by atoms with E-state index in [1.54, 1.807) is 0 Å². The normalized spacial score (nSPS) is 10.3. The van der Waals surface area contributed by atoms with Gasteiger partial charge >= 0.3 is 6.03 Å². The fraction of sp³-hybridized carbons (Fsp3) is 0.286. The number of rotatable bonds is 5. The second kappa shape index (κ2) is 7.02. The molecule has 0 atom stereocenters. The van der Waals surface area contributed by atoms with E-state index in [4.69, 9.17) is 5.11 Å². The number of thiazole rings is 1. The molecule has 2 rings (SSSR count). The number of nitrogens with zero attached hydrogens (tertiary/aromatic N) is 1. The van der Waals surface area contributed by atoms with Crippen LogP contribution < -0.4 is 10.6 Å². The number of aliphatic hydroxyl groups excluding tert-OH is 1. The van der Waals surface area contributed by atoms with E-state index in [0.29, 0.717) is 13.0 Å². The summed E-state index contributed by atoms with van der Waals surface area (Å²) < 4.78 is 0. The number of aliphatic hydroxyl groups is 1. The molecule has 6 heteroatoms. The highest BCUT2D eigenvalue weighted by atomic mass is 32.1. The first kappa shape index (κ1) is 14.5. The Balaban J connectivity index is 2.03. The first-order chi connectivity index (χ1) is 9.70.